The topological polar surface area (TPSA) is 64.9 Å². The molecule has 0 spiro atoms. The standard InChI is InChI=1S/C10H10ClN3OS/c1-16-8-3-2-6(4-7(8)11)10-13-9(5-12)15-14-10/h2-4H,5,12H2,1H3. The van der Waals surface area contributed by atoms with Gasteiger partial charge in [-0.1, -0.05) is 16.8 Å². The lowest BCUT2D eigenvalue weighted by molar-refractivity contribution is 0.380. The van der Waals surface area contributed by atoms with Gasteiger partial charge in [-0.25, -0.2) is 0 Å². The molecule has 84 valence electrons. The maximum atomic E-state index is 6.09. The predicted octanol–water partition coefficient (Wildman–Crippen LogP) is 2.57. The van der Waals surface area contributed by atoms with Crippen LogP contribution in [0.4, 0.5) is 0 Å². The largest absolute Gasteiger partial charge is 0.338 e. The monoisotopic (exact) mass is 255 g/mol. The highest BCUT2D eigenvalue weighted by molar-refractivity contribution is 7.98. The zero-order valence-electron chi connectivity index (χ0n) is 8.61. The van der Waals surface area contributed by atoms with Crippen molar-refractivity contribution in [3.05, 3.63) is 29.1 Å². The third-order valence-electron chi connectivity index (χ3n) is 2.05. The first-order valence-electron chi connectivity index (χ1n) is 4.61. The molecule has 2 aromatic rings. The number of aromatic nitrogens is 2. The molecule has 0 aliphatic rings. The molecule has 0 atom stereocenters. The first-order chi connectivity index (χ1) is 7.74. The molecule has 0 aliphatic carbocycles. The Bertz CT molecular complexity index is 501. The van der Waals surface area contributed by atoms with E-state index in [0.29, 0.717) is 16.7 Å². The molecule has 2 N–H and O–H groups in total. The smallest absolute Gasteiger partial charge is 0.240 e. The maximum absolute atomic E-state index is 6.09. The summed E-state index contributed by atoms with van der Waals surface area (Å²) in [5.74, 6) is 0.926. The van der Waals surface area contributed by atoms with Crippen molar-refractivity contribution in [3.63, 3.8) is 0 Å². The van der Waals surface area contributed by atoms with Crippen molar-refractivity contribution in [3.8, 4) is 11.4 Å². The van der Waals surface area contributed by atoms with Gasteiger partial charge in [0.05, 0.1) is 11.6 Å². The number of halogens is 1. The Kier molecular flexibility index (Phi) is 3.48. The minimum Gasteiger partial charge on any atom is -0.338 e. The predicted molar refractivity (Wildman–Crippen MR) is 64.4 cm³/mol. The van der Waals surface area contributed by atoms with Crippen LogP contribution in [0.3, 0.4) is 0 Å². The van der Waals surface area contributed by atoms with Crippen molar-refractivity contribution in [1.29, 1.82) is 0 Å². The Morgan fingerprint density at radius 1 is 1.50 bits per heavy atom. The quantitative estimate of drug-likeness (QED) is 0.854. The average molecular weight is 256 g/mol. The van der Waals surface area contributed by atoms with Crippen molar-refractivity contribution < 1.29 is 4.52 Å². The minimum atomic E-state index is 0.240. The van der Waals surface area contributed by atoms with E-state index in [4.69, 9.17) is 21.9 Å². The van der Waals surface area contributed by atoms with Gasteiger partial charge in [-0.15, -0.1) is 11.8 Å². The molecule has 0 saturated carbocycles. The van der Waals surface area contributed by atoms with Crippen molar-refractivity contribution >= 4 is 23.4 Å². The van der Waals surface area contributed by atoms with E-state index in [-0.39, 0.29) is 6.54 Å². The summed E-state index contributed by atoms with van der Waals surface area (Å²) in [5, 5.41) is 4.51. The lowest BCUT2D eigenvalue weighted by Gasteiger charge is -2.01. The van der Waals surface area contributed by atoms with E-state index in [1.54, 1.807) is 11.8 Å². The Morgan fingerprint density at radius 3 is 2.88 bits per heavy atom. The fraction of sp³-hybridized carbons (Fsp3) is 0.200. The number of hydrogen-bond donors (Lipinski definition) is 1. The highest BCUT2D eigenvalue weighted by atomic mass is 35.5. The number of rotatable bonds is 3. The molecular weight excluding hydrogens is 246 g/mol. The lowest BCUT2D eigenvalue weighted by atomic mass is 10.2. The van der Waals surface area contributed by atoms with Crippen LogP contribution in [0.25, 0.3) is 11.4 Å². The Labute approximate surface area is 102 Å². The number of nitrogens with two attached hydrogens (primary N) is 1. The van der Waals surface area contributed by atoms with E-state index in [9.17, 15) is 0 Å². The van der Waals surface area contributed by atoms with Crippen LogP contribution in [0.2, 0.25) is 5.02 Å². The molecule has 0 fully saturated rings. The third-order valence-corrected chi connectivity index (χ3v) is 3.27. The van der Waals surface area contributed by atoms with Gasteiger partial charge in [-0.3, -0.25) is 0 Å². The van der Waals surface area contributed by atoms with Crippen LogP contribution in [0, 0.1) is 0 Å². The van der Waals surface area contributed by atoms with Gasteiger partial charge in [0, 0.05) is 10.5 Å². The molecule has 0 aliphatic heterocycles. The maximum Gasteiger partial charge on any atom is 0.240 e. The van der Waals surface area contributed by atoms with Crippen LogP contribution in [0.5, 0.6) is 0 Å². The van der Waals surface area contributed by atoms with Gasteiger partial charge in [0.2, 0.25) is 11.7 Å². The fourth-order valence-corrected chi connectivity index (χ4v) is 2.13. The summed E-state index contributed by atoms with van der Waals surface area (Å²) in [6.07, 6.45) is 1.97. The fourth-order valence-electron chi connectivity index (χ4n) is 1.26. The van der Waals surface area contributed by atoms with Crippen LogP contribution in [0.15, 0.2) is 27.6 Å². The average Bonchev–Trinajstić information content (AvgIpc) is 2.77. The molecule has 0 radical (unpaired) electrons. The van der Waals surface area contributed by atoms with Crippen molar-refractivity contribution in [2.24, 2.45) is 5.73 Å². The van der Waals surface area contributed by atoms with Crippen LogP contribution in [-0.2, 0) is 6.54 Å². The van der Waals surface area contributed by atoms with E-state index >= 15 is 0 Å². The van der Waals surface area contributed by atoms with E-state index in [1.807, 2.05) is 24.5 Å². The SMILES string of the molecule is CSc1ccc(-c2noc(CN)n2)cc1Cl. The second kappa shape index (κ2) is 4.86. The molecule has 0 saturated heterocycles. The summed E-state index contributed by atoms with van der Waals surface area (Å²) in [5.41, 5.74) is 6.22. The second-order valence-electron chi connectivity index (χ2n) is 3.07. The van der Waals surface area contributed by atoms with Gasteiger partial charge in [0.25, 0.3) is 0 Å². The molecular formula is C10H10ClN3OS. The summed E-state index contributed by atoms with van der Waals surface area (Å²) in [7, 11) is 0. The molecule has 16 heavy (non-hydrogen) atoms. The van der Waals surface area contributed by atoms with Crippen molar-refractivity contribution in [2.45, 2.75) is 11.4 Å². The van der Waals surface area contributed by atoms with E-state index < -0.39 is 0 Å². The summed E-state index contributed by atoms with van der Waals surface area (Å²) in [6.45, 7) is 0.240. The highest BCUT2D eigenvalue weighted by Gasteiger charge is 2.09. The van der Waals surface area contributed by atoms with E-state index in [1.165, 1.54) is 0 Å². The normalized spacial score (nSPS) is 10.7. The molecule has 1 aromatic carbocycles. The molecule has 0 unspecified atom stereocenters. The first kappa shape index (κ1) is 11.4. The van der Waals surface area contributed by atoms with Gasteiger partial charge in [0.1, 0.15) is 0 Å². The summed E-state index contributed by atoms with van der Waals surface area (Å²) < 4.78 is 4.93. The molecule has 1 aromatic heterocycles. The van der Waals surface area contributed by atoms with Crippen LogP contribution in [0.1, 0.15) is 5.89 Å². The van der Waals surface area contributed by atoms with Gasteiger partial charge < -0.3 is 10.3 Å². The number of nitrogens with zero attached hydrogens (tertiary/aromatic N) is 2. The molecule has 4 nitrogen and oxygen atoms in total. The zero-order chi connectivity index (χ0) is 11.5. The van der Waals surface area contributed by atoms with E-state index in [0.717, 1.165) is 10.5 Å². The van der Waals surface area contributed by atoms with E-state index in [2.05, 4.69) is 10.1 Å². The number of hydrogen-bond acceptors (Lipinski definition) is 5. The molecule has 6 heteroatoms. The van der Waals surface area contributed by atoms with Crippen LogP contribution >= 0.6 is 23.4 Å². The summed E-state index contributed by atoms with van der Waals surface area (Å²) >= 11 is 7.68. The molecule has 0 bridgehead atoms. The Morgan fingerprint density at radius 2 is 2.31 bits per heavy atom. The lowest BCUT2D eigenvalue weighted by Crippen LogP contribution is -1.95. The number of benzene rings is 1. The summed E-state index contributed by atoms with van der Waals surface area (Å²) in [4.78, 5) is 5.15. The van der Waals surface area contributed by atoms with Gasteiger partial charge in [0.15, 0.2) is 0 Å². The molecule has 2 rings (SSSR count). The highest BCUT2D eigenvalue weighted by Crippen LogP contribution is 2.29. The molecule has 1 heterocycles. The van der Waals surface area contributed by atoms with Crippen molar-refractivity contribution in [2.75, 3.05) is 6.26 Å². The van der Waals surface area contributed by atoms with Crippen molar-refractivity contribution in [1.82, 2.24) is 10.1 Å². The number of thioether (sulfide) groups is 1. The molecule has 0 amide bonds. The zero-order valence-corrected chi connectivity index (χ0v) is 10.2. The van der Waals surface area contributed by atoms with Gasteiger partial charge in [-0.2, -0.15) is 4.98 Å². The first-order valence-corrected chi connectivity index (χ1v) is 6.21. The van der Waals surface area contributed by atoms with Crippen LogP contribution in [-0.4, -0.2) is 16.4 Å². The minimum absolute atomic E-state index is 0.240. The Hall–Kier alpha value is -1.04. The van der Waals surface area contributed by atoms with Gasteiger partial charge >= 0.3 is 0 Å². The third kappa shape index (κ3) is 2.21. The second-order valence-corrected chi connectivity index (χ2v) is 4.32. The van der Waals surface area contributed by atoms with Gasteiger partial charge in [-0.05, 0) is 24.5 Å². The Balaban J connectivity index is 2.37. The van der Waals surface area contributed by atoms with Crippen LogP contribution < -0.4 is 5.73 Å². The summed E-state index contributed by atoms with van der Waals surface area (Å²) in [6, 6.07) is 5.65.